The Labute approximate surface area is 86.3 Å². The van der Waals surface area contributed by atoms with Crippen LogP contribution < -0.4 is 18.6 Å². The van der Waals surface area contributed by atoms with Crippen molar-refractivity contribution in [3.63, 3.8) is 0 Å². The van der Waals surface area contributed by atoms with E-state index in [4.69, 9.17) is 35.6 Å². The lowest BCUT2D eigenvalue weighted by Crippen LogP contribution is -2.68. The second kappa shape index (κ2) is 5.72. The van der Waals surface area contributed by atoms with Crippen LogP contribution in [0.3, 0.4) is 0 Å². The van der Waals surface area contributed by atoms with Crippen molar-refractivity contribution in [3.05, 3.63) is 34.3 Å². The van der Waals surface area contributed by atoms with Gasteiger partial charge in [0.05, 0.1) is 0 Å². The molecule has 0 atom stereocenters. The summed E-state index contributed by atoms with van der Waals surface area (Å²) in [6.07, 6.45) is 0. The molecule has 0 radical (unpaired) electrons. The van der Waals surface area contributed by atoms with E-state index < -0.39 is 10.2 Å². The van der Waals surface area contributed by atoms with Crippen LogP contribution in [-0.2, 0) is 0 Å². The highest BCUT2D eigenvalue weighted by molar-refractivity contribution is 6.30. The Kier molecular flexibility index (Phi) is 5.34. The topological polar surface area (TPSA) is 120 Å². The third-order valence-electron chi connectivity index (χ3n) is 0.942. The molecular weight excluding hydrogens is 235 g/mol. The highest BCUT2D eigenvalue weighted by Crippen LogP contribution is 2.15. The first-order valence-corrected chi connectivity index (χ1v) is 4.66. The summed E-state index contributed by atoms with van der Waals surface area (Å²) in [6.45, 7) is 0. The average molecular weight is 239 g/mol. The van der Waals surface area contributed by atoms with Crippen molar-refractivity contribution in [2.45, 2.75) is 0 Å². The fourth-order valence-electron chi connectivity index (χ4n) is 0.508. The van der Waals surface area contributed by atoms with E-state index in [0.717, 1.165) is 0 Å². The third-order valence-corrected chi connectivity index (χ3v) is 1.19. The lowest BCUT2D eigenvalue weighted by Gasteiger charge is -2.17. The van der Waals surface area contributed by atoms with Crippen molar-refractivity contribution >= 4 is 17.3 Å². The maximum Gasteiger partial charge on any atom is 0.385 e. The van der Waals surface area contributed by atoms with E-state index in [1.165, 1.54) is 0 Å². The van der Waals surface area contributed by atoms with Gasteiger partial charge < -0.3 is 0 Å². The van der Waals surface area contributed by atoms with Gasteiger partial charge in [-0.05, 0) is 12.1 Å². The zero-order chi connectivity index (χ0) is 11.2. The molecule has 0 unspecified atom stereocenters. The lowest BCUT2D eigenvalue weighted by molar-refractivity contribution is -2.00. The molecule has 0 saturated carbocycles. The molecular formula is C6H4Cl2N2O4. The van der Waals surface area contributed by atoms with Crippen LogP contribution in [0.2, 0.25) is 5.02 Å². The van der Waals surface area contributed by atoms with Crippen molar-refractivity contribution in [2.75, 3.05) is 0 Å². The molecule has 0 spiro atoms. The van der Waals surface area contributed by atoms with Crippen LogP contribution in [0.25, 0.3) is 4.98 Å². The number of rotatable bonds is 0. The minimum atomic E-state index is -4.94. The fraction of sp³-hybridized carbons (Fsp3) is 0. The summed E-state index contributed by atoms with van der Waals surface area (Å²) in [4.78, 5) is 2.95. The number of halogens is 2. The van der Waals surface area contributed by atoms with Gasteiger partial charge >= 0.3 is 5.69 Å². The van der Waals surface area contributed by atoms with Crippen LogP contribution in [0.15, 0.2) is 24.3 Å². The highest BCUT2D eigenvalue weighted by Gasteiger charge is 1.99. The summed E-state index contributed by atoms with van der Waals surface area (Å²) in [7, 11) is -4.94. The second-order valence-corrected chi connectivity index (χ2v) is 3.15. The van der Waals surface area contributed by atoms with Crippen LogP contribution in [0, 0.1) is 15.6 Å². The average Bonchev–Trinajstić information content (AvgIpc) is 2.03. The molecule has 14 heavy (non-hydrogen) atoms. The molecule has 0 amide bonds. The summed E-state index contributed by atoms with van der Waals surface area (Å²) in [6, 6.07) is 6.58. The van der Waals surface area contributed by atoms with Gasteiger partial charge in [-0.2, -0.15) is 0 Å². The van der Waals surface area contributed by atoms with Gasteiger partial charge in [0, 0.05) is 17.2 Å². The molecule has 8 heteroatoms. The molecule has 0 aliphatic rings. The lowest BCUT2D eigenvalue weighted by atomic mass is 10.3. The van der Waals surface area contributed by atoms with E-state index in [0.29, 0.717) is 10.7 Å². The molecule has 0 saturated heterocycles. The maximum absolute atomic E-state index is 8.49. The Bertz CT molecular complexity index is 310. The summed E-state index contributed by atoms with van der Waals surface area (Å²) in [5.74, 6) is 0. The summed E-state index contributed by atoms with van der Waals surface area (Å²) in [5, 5.41) is 8.85. The first kappa shape index (κ1) is 13.1. The Morgan fingerprint density at radius 3 is 1.71 bits per heavy atom. The van der Waals surface area contributed by atoms with E-state index in [1.54, 1.807) is 24.3 Å². The van der Waals surface area contributed by atoms with Crippen molar-refractivity contribution in [2.24, 2.45) is 0 Å². The van der Waals surface area contributed by atoms with Gasteiger partial charge in [0.15, 0.2) is 4.98 Å². The van der Waals surface area contributed by atoms with Crippen molar-refractivity contribution < 1.29 is 28.9 Å². The summed E-state index contributed by atoms with van der Waals surface area (Å²) >= 11 is 5.55. The quantitative estimate of drug-likeness (QED) is 0.488. The van der Waals surface area contributed by atoms with Gasteiger partial charge in [0.25, 0.3) is 0 Å². The predicted molar refractivity (Wildman–Crippen MR) is 36.2 cm³/mol. The van der Waals surface area contributed by atoms with Gasteiger partial charge in [0.2, 0.25) is 5.39 Å². The van der Waals surface area contributed by atoms with Crippen LogP contribution in [0.1, 0.15) is 0 Å². The van der Waals surface area contributed by atoms with Crippen molar-refractivity contribution in [1.82, 2.24) is 0 Å². The molecule has 0 N–H and O–H groups in total. The molecule has 1 rings (SSSR count). The first-order valence-electron chi connectivity index (χ1n) is 3.05. The number of hydrogen-bond donors (Lipinski definition) is 0. The standard InChI is InChI=1S/C6H4ClN2.ClHO4/c7-5-1-3-6(9-8)4-2-5;2-1(3,4)5/h1-4H;(H,2,3,4,5)/q+1;/p-1. The van der Waals surface area contributed by atoms with Crippen molar-refractivity contribution in [1.29, 1.82) is 5.39 Å². The fourth-order valence-corrected chi connectivity index (χ4v) is 0.634. The summed E-state index contributed by atoms with van der Waals surface area (Å²) in [5.41, 5.74) is 0.513. The number of benzene rings is 1. The van der Waals surface area contributed by atoms with E-state index >= 15 is 0 Å². The molecule has 0 heterocycles. The largest absolute Gasteiger partial charge is 0.385 e. The molecule has 0 bridgehead atoms. The van der Waals surface area contributed by atoms with E-state index in [9.17, 15) is 0 Å². The highest BCUT2D eigenvalue weighted by atomic mass is 35.7. The number of diazo groups is 1. The minimum absolute atomic E-state index is 0.513. The molecule has 0 fully saturated rings. The van der Waals surface area contributed by atoms with Gasteiger partial charge in [-0.25, -0.2) is 18.6 Å². The predicted octanol–water partition coefficient (Wildman–Crippen LogP) is -1.93. The Balaban J connectivity index is 0.000000292. The van der Waals surface area contributed by atoms with Crippen molar-refractivity contribution in [3.8, 4) is 0 Å². The SMILES string of the molecule is N#[N+]c1ccc(Cl)cc1.[O-][Cl+3]([O-])([O-])[O-]. The Morgan fingerprint density at radius 1 is 1.07 bits per heavy atom. The minimum Gasteiger partial charge on any atom is -0.222 e. The molecule has 0 aliphatic heterocycles. The smallest absolute Gasteiger partial charge is 0.222 e. The molecule has 76 valence electrons. The molecule has 6 nitrogen and oxygen atoms in total. The van der Waals surface area contributed by atoms with Gasteiger partial charge in [-0.15, -0.1) is 10.2 Å². The third kappa shape index (κ3) is 9.15. The monoisotopic (exact) mass is 238 g/mol. The Morgan fingerprint density at radius 2 is 1.43 bits per heavy atom. The van der Waals surface area contributed by atoms with E-state index in [2.05, 4.69) is 4.98 Å². The Hall–Kier alpha value is -0.940. The van der Waals surface area contributed by atoms with Crippen LogP contribution in [-0.4, -0.2) is 0 Å². The molecule has 0 aliphatic carbocycles. The molecule has 1 aromatic carbocycles. The second-order valence-electron chi connectivity index (χ2n) is 1.95. The first-order chi connectivity index (χ1) is 6.33. The zero-order valence-electron chi connectivity index (χ0n) is 6.59. The van der Waals surface area contributed by atoms with Gasteiger partial charge in [-0.3, -0.25) is 0 Å². The van der Waals surface area contributed by atoms with Crippen LogP contribution in [0.5, 0.6) is 0 Å². The van der Waals surface area contributed by atoms with E-state index in [1.807, 2.05) is 0 Å². The normalized spacial score (nSPS) is 9.71. The summed E-state index contributed by atoms with van der Waals surface area (Å²) < 4.78 is 34.0. The van der Waals surface area contributed by atoms with Gasteiger partial charge in [0.1, 0.15) is 0 Å². The van der Waals surface area contributed by atoms with E-state index in [-0.39, 0.29) is 0 Å². The molecule has 1 aromatic rings. The van der Waals surface area contributed by atoms with Gasteiger partial charge in [-0.1, -0.05) is 11.6 Å². The van der Waals surface area contributed by atoms with Crippen LogP contribution >= 0.6 is 11.6 Å². The number of hydrogen-bond acceptors (Lipinski definition) is 5. The van der Waals surface area contributed by atoms with Crippen LogP contribution in [0.4, 0.5) is 5.69 Å². The zero-order valence-corrected chi connectivity index (χ0v) is 8.10. The number of nitrogens with zero attached hydrogens (tertiary/aromatic N) is 2. The molecule has 0 aromatic heterocycles. The maximum atomic E-state index is 8.49.